The maximum atomic E-state index is 13.2. The number of hydrogen-bond donors (Lipinski definition) is 5. The van der Waals surface area contributed by atoms with Gasteiger partial charge in [-0.2, -0.15) is 13.2 Å². The Morgan fingerprint density at radius 1 is 1.07 bits per heavy atom. The number of nitrogens with two attached hydrogens (primary N) is 3. The van der Waals surface area contributed by atoms with E-state index in [1.807, 2.05) is 0 Å². The molecule has 0 fully saturated rings. The minimum absolute atomic E-state index is 0.178. The van der Waals surface area contributed by atoms with E-state index in [-0.39, 0.29) is 16.3 Å². The van der Waals surface area contributed by atoms with Gasteiger partial charge < -0.3 is 36.6 Å². The van der Waals surface area contributed by atoms with E-state index < -0.39 is 51.7 Å². The first-order valence-electron chi connectivity index (χ1n) is 10.7. The second kappa shape index (κ2) is 13.4. The third-order valence-electron chi connectivity index (χ3n) is 4.81. The maximum absolute atomic E-state index is 13.2. The van der Waals surface area contributed by atoms with Crippen LogP contribution in [0.4, 0.5) is 18.9 Å². The minimum Gasteiger partial charge on any atom is -0.493 e. The molecule has 0 radical (unpaired) electrons. The Labute approximate surface area is 225 Å². The van der Waals surface area contributed by atoms with Crippen LogP contribution in [0.3, 0.4) is 0 Å². The van der Waals surface area contributed by atoms with Gasteiger partial charge in [0.25, 0.3) is 15.6 Å². The number of amides is 1. The Kier molecular flexibility index (Phi) is 11.2. The molecule has 1 heterocycles. The highest BCUT2D eigenvalue weighted by Crippen LogP contribution is 2.30. The van der Waals surface area contributed by atoms with Crippen LogP contribution < -0.4 is 37.0 Å². The summed E-state index contributed by atoms with van der Waals surface area (Å²) >= 11 is 0. The number of alkyl halides is 3. The van der Waals surface area contributed by atoms with Crippen LogP contribution in [0.1, 0.15) is 18.7 Å². The molecule has 1 amide bonds. The van der Waals surface area contributed by atoms with E-state index >= 15 is 0 Å². The van der Waals surface area contributed by atoms with Crippen LogP contribution in [-0.2, 0) is 24.4 Å². The third-order valence-corrected chi connectivity index (χ3v) is 6.17. The molecule has 222 valence electrons. The topological polar surface area (TPSA) is 241 Å². The number of hydrogen-bond acceptors (Lipinski definition) is 9. The molecule has 2 aromatic rings. The van der Waals surface area contributed by atoms with Crippen molar-refractivity contribution < 1.29 is 50.6 Å². The highest BCUT2D eigenvalue weighted by molar-refractivity contribution is 7.92. The second-order valence-corrected chi connectivity index (χ2v) is 9.35. The van der Waals surface area contributed by atoms with Crippen molar-refractivity contribution in [2.45, 2.75) is 37.1 Å². The van der Waals surface area contributed by atoms with Crippen molar-refractivity contribution in [3.05, 3.63) is 46.4 Å². The maximum Gasteiger partial charge on any atom is 0.490 e. The van der Waals surface area contributed by atoms with Gasteiger partial charge in [0.2, 0.25) is 11.9 Å². The molecule has 19 heteroatoms. The number of pyridine rings is 1. The molecule has 0 saturated carbocycles. The molecule has 2 atom stereocenters. The van der Waals surface area contributed by atoms with Crippen molar-refractivity contribution in [2.75, 3.05) is 18.9 Å². The van der Waals surface area contributed by atoms with Gasteiger partial charge in [-0.3, -0.25) is 18.9 Å². The second-order valence-electron chi connectivity index (χ2n) is 7.66. The lowest BCUT2D eigenvalue weighted by Gasteiger charge is -2.24. The molecular weight excluding hydrogens is 569 g/mol. The van der Waals surface area contributed by atoms with E-state index in [1.54, 1.807) is 0 Å². The Morgan fingerprint density at radius 3 is 2.08 bits per heavy atom. The molecule has 40 heavy (non-hydrogen) atoms. The first-order valence-corrected chi connectivity index (χ1v) is 12.2. The minimum atomic E-state index is -5.08. The first-order chi connectivity index (χ1) is 18.4. The van der Waals surface area contributed by atoms with E-state index in [9.17, 15) is 31.2 Å². The summed E-state index contributed by atoms with van der Waals surface area (Å²) in [5.41, 5.74) is 15.1. The number of halogens is 3. The highest BCUT2D eigenvalue weighted by atomic mass is 32.2. The highest BCUT2D eigenvalue weighted by Gasteiger charge is 2.38. The Bertz CT molecular complexity index is 1420. The molecule has 0 saturated heterocycles. The standard InChI is InChI=1S/C19H26N6O7S.C2HF3O2/c1-10-5-7-13(18(27)25(10)16(17(20)26)11(2)32-23-19(21)22)24-33(28,29)12-6-8-14(30-3)15(9-12)31-4;3-2(4,5)1(6)7/h5-9,11,16,24H,1-4H3,(H2,20,26)(H4,21,22,23);(H,6,7). The van der Waals surface area contributed by atoms with Gasteiger partial charge in [0.15, 0.2) is 23.6 Å². The van der Waals surface area contributed by atoms with Gasteiger partial charge in [0.1, 0.15) is 5.69 Å². The number of nitrogens with one attached hydrogen (secondary N) is 1. The number of anilines is 1. The lowest BCUT2D eigenvalue weighted by Crippen LogP contribution is -2.42. The zero-order valence-electron chi connectivity index (χ0n) is 21.4. The van der Waals surface area contributed by atoms with E-state index in [2.05, 4.69) is 9.88 Å². The number of aryl methyl sites for hydroxylation is 1. The van der Waals surface area contributed by atoms with Crippen LogP contribution in [0.25, 0.3) is 0 Å². The van der Waals surface area contributed by atoms with Gasteiger partial charge in [-0.1, -0.05) is 0 Å². The number of sulfonamides is 1. The van der Waals surface area contributed by atoms with Gasteiger partial charge in [-0.15, -0.1) is 0 Å². The molecule has 8 N–H and O–H groups in total. The van der Waals surface area contributed by atoms with Crippen molar-refractivity contribution in [2.24, 2.45) is 22.4 Å². The van der Waals surface area contributed by atoms with Gasteiger partial charge in [-0.05, 0) is 43.3 Å². The zero-order chi connectivity index (χ0) is 31.0. The quantitative estimate of drug-likeness (QED) is 0.141. The van der Waals surface area contributed by atoms with Crippen molar-refractivity contribution in [3.8, 4) is 11.5 Å². The summed E-state index contributed by atoms with van der Waals surface area (Å²) in [6, 6.07) is 5.31. The number of carboxylic acid groups (broad SMARTS) is 1. The van der Waals surface area contributed by atoms with E-state index in [0.717, 1.165) is 4.57 Å². The molecule has 2 rings (SSSR count). The summed E-state index contributed by atoms with van der Waals surface area (Å²) in [5.74, 6) is -3.56. The van der Waals surface area contributed by atoms with Gasteiger partial charge in [0.05, 0.1) is 19.1 Å². The number of rotatable bonds is 10. The number of aromatic nitrogens is 1. The Morgan fingerprint density at radius 2 is 1.62 bits per heavy atom. The number of carboxylic acids is 1. The first kappa shape index (κ1) is 33.3. The van der Waals surface area contributed by atoms with Crippen molar-refractivity contribution in [1.82, 2.24) is 4.57 Å². The number of oxime groups is 1. The van der Waals surface area contributed by atoms with Gasteiger partial charge in [-0.25, -0.2) is 13.2 Å². The monoisotopic (exact) mass is 596 g/mol. The molecule has 1 aromatic carbocycles. The number of nitrogens with zero attached hydrogens (tertiary/aromatic N) is 2. The summed E-state index contributed by atoms with van der Waals surface area (Å²) in [5, 5.41) is 10.5. The van der Waals surface area contributed by atoms with Crippen molar-refractivity contribution in [3.63, 3.8) is 0 Å². The zero-order valence-corrected chi connectivity index (χ0v) is 22.2. The average Bonchev–Trinajstić information content (AvgIpc) is 2.85. The Hall–Kier alpha value is -4.68. The number of aliphatic carboxylic acids is 1. The molecule has 2 unspecified atom stereocenters. The number of benzene rings is 1. The number of guanidine groups is 1. The van der Waals surface area contributed by atoms with Crippen molar-refractivity contribution >= 4 is 33.5 Å². The molecule has 15 nitrogen and oxygen atoms in total. The van der Waals surface area contributed by atoms with E-state index in [1.165, 1.54) is 58.4 Å². The third kappa shape index (κ3) is 8.68. The van der Waals surface area contributed by atoms with Gasteiger partial charge in [0, 0.05) is 11.8 Å². The predicted molar refractivity (Wildman–Crippen MR) is 134 cm³/mol. The number of carbonyl (C=O) groups is 2. The molecule has 0 aliphatic rings. The number of ether oxygens (including phenoxy) is 2. The summed E-state index contributed by atoms with van der Waals surface area (Å²) in [4.78, 5) is 39.1. The van der Waals surface area contributed by atoms with Crippen LogP contribution in [0, 0.1) is 6.92 Å². The molecule has 0 spiro atoms. The van der Waals surface area contributed by atoms with Crippen LogP contribution in [0.5, 0.6) is 11.5 Å². The molecular formula is C21H27F3N6O9S. The van der Waals surface area contributed by atoms with Gasteiger partial charge >= 0.3 is 12.1 Å². The summed E-state index contributed by atoms with van der Waals surface area (Å²) in [7, 11) is -1.45. The van der Waals surface area contributed by atoms with Crippen LogP contribution in [0.2, 0.25) is 0 Å². The molecule has 1 aromatic heterocycles. The van der Waals surface area contributed by atoms with Crippen LogP contribution >= 0.6 is 0 Å². The van der Waals surface area contributed by atoms with E-state index in [4.69, 9.17) is 41.4 Å². The number of carbonyl (C=O) groups excluding carboxylic acids is 1. The molecule has 0 aliphatic carbocycles. The molecule has 0 aliphatic heterocycles. The Balaban J connectivity index is 0.00000101. The number of primary amides is 1. The number of methoxy groups -OCH3 is 2. The SMILES string of the molecule is COc1ccc(S(=O)(=O)Nc2ccc(C)n(C(C(N)=O)C(C)ON=C(N)N)c2=O)cc1OC.O=C(O)C(F)(F)F. The lowest BCUT2D eigenvalue weighted by molar-refractivity contribution is -0.192. The van der Waals surface area contributed by atoms with Crippen molar-refractivity contribution in [1.29, 1.82) is 0 Å². The largest absolute Gasteiger partial charge is 0.493 e. The lowest BCUT2D eigenvalue weighted by atomic mass is 10.1. The van der Waals surface area contributed by atoms with Crippen LogP contribution in [0.15, 0.2) is 45.2 Å². The smallest absolute Gasteiger partial charge is 0.490 e. The average molecular weight is 597 g/mol. The summed E-state index contributed by atoms with van der Waals surface area (Å²) in [6.07, 6.45) is -6.14. The fourth-order valence-corrected chi connectivity index (χ4v) is 4.10. The predicted octanol–water partition coefficient (Wildman–Crippen LogP) is 0.228. The van der Waals surface area contributed by atoms with E-state index in [0.29, 0.717) is 11.4 Å². The summed E-state index contributed by atoms with van der Waals surface area (Å²) < 4.78 is 71.0. The fourth-order valence-electron chi connectivity index (χ4n) is 3.03. The fraction of sp³-hybridized carbons (Fsp3) is 0.333. The molecule has 0 bridgehead atoms. The summed E-state index contributed by atoms with van der Waals surface area (Å²) in [6.45, 7) is 2.96. The van der Waals surface area contributed by atoms with Crippen LogP contribution in [-0.4, -0.2) is 62.4 Å². The normalized spacial score (nSPS) is 12.6.